The second-order valence-corrected chi connectivity index (χ2v) is 8.11. The van der Waals surface area contributed by atoms with E-state index < -0.39 is 0 Å². The van der Waals surface area contributed by atoms with Crippen LogP contribution in [0.4, 0.5) is 0 Å². The molecule has 1 aromatic heterocycles. The summed E-state index contributed by atoms with van der Waals surface area (Å²) in [7, 11) is 1.63. The maximum absolute atomic E-state index is 13.1. The predicted octanol–water partition coefficient (Wildman–Crippen LogP) is 2.19. The topological polar surface area (TPSA) is 75.2 Å². The first kappa shape index (κ1) is 24.7. The van der Waals surface area contributed by atoms with Gasteiger partial charge in [0.05, 0.1) is 25.5 Å². The molecule has 1 saturated heterocycles. The van der Waals surface area contributed by atoms with Gasteiger partial charge in [-0.15, -0.1) is 0 Å². The second kappa shape index (κ2) is 12.3. The van der Waals surface area contributed by atoms with Crippen LogP contribution in [0.5, 0.6) is 5.75 Å². The molecule has 8 nitrogen and oxygen atoms in total. The van der Waals surface area contributed by atoms with Crippen LogP contribution < -0.4 is 4.74 Å². The van der Waals surface area contributed by atoms with Crippen LogP contribution in [-0.2, 0) is 27.4 Å². The number of hydrogen-bond acceptors (Lipinski definition) is 6. The number of carbonyl (C=O) groups is 2. The summed E-state index contributed by atoms with van der Waals surface area (Å²) in [4.78, 5) is 35.6. The van der Waals surface area contributed by atoms with Crippen LogP contribution in [0.1, 0.15) is 25.1 Å². The van der Waals surface area contributed by atoms with Crippen molar-refractivity contribution in [2.24, 2.45) is 0 Å². The number of amides is 2. The lowest BCUT2D eigenvalue weighted by atomic mass is 10.2. The van der Waals surface area contributed by atoms with Crippen molar-refractivity contribution in [3.05, 3.63) is 59.9 Å². The molecule has 1 aliphatic heterocycles. The molecule has 1 unspecified atom stereocenters. The number of aromatic nitrogens is 1. The molecule has 0 spiro atoms. The van der Waals surface area contributed by atoms with Crippen molar-refractivity contribution < 1.29 is 19.1 Å². The van der Waals surface area contributed by atoms with E-state index in [1.807, 2.05) is 66.1 Å². The fourth-order valence-electron chi connectivity index (χ4n) is 3.96. The largest absolute Gasteiger partial charge is 0.497 e. The Labute approximate surface area is 196 Å². The summed E-state index contributed by atoms with van der Waals surface area (Å²) in [6.07, 6.45) is 1.47. The van der Waals surface area contributed by atoms with Crippen LogP contribution in [0.25, 0.3) is 0 Å². The molecule has 0 bridgehead atoms. The Bertz CT molecular complexity index is 887. The Morgan fingerprint density at radius 1 is 1.09 bits per heavy atom. The van der Waals surface area contributed by atoms with Gasteiger partial charge in [-0.3, -0.25) is 19.5 Å². The van der Waals surface area contributed by atoms with Gasteiger partial charge in [0, 0.05) is 45.5 Å². The third-order valence-corrected chi connectivity index (χ3v) is 5.80. The molecule has 0 N–H and O–H groups in total. The Hall–Kier alpha value is -2.97. The van der Waals surface area contributed by atoms with E-state index >= 15 is 0 Å². The lowest BCUT2D eigenvalue weighted by Gasteiger charge is -2.26. The molecule has 2 heterocycles. The van der Waals surface area contributed by atoms with E-state index in [0.717, 1.165) is 17.0 Å². The Balaban J connectivity index is 1.72. The average molecular weight is 455 g/mol. The van der Waals surface area contributed by atoms with Crippen molar-refractivity contribution in [3.8, 4) is 5.75 Å². The molecular formula is C25H34N4O4. The molecule has 1 atom stereocenters. The molecule has 1 fully saturated rings. The summed E-state index contributed by atoms with van der Waals surface area (Å²) in [6.45, 7) is 7.49. The fourth-order valence-corrected chi connectivity index (χ4v) is 3.96. The van der Waals surface area contributed by atoms with Gasteiger partial charge >= 0.3 is 0 Å². The zero-order valence-electron chi connectivity index (χ0n) is 19.8. The highest BCUT2D eigenvalue weighted by atomic mass is 16.5. The molecule has 2 aromatic rings. The number of hydrogen-bond donors (Lipinski definition) is 0. The molecule has 2 amide bonds. The van der Waals surface area contributed by atoms with E-state index in [1.165, 1.54) is 0 Å². The van der Waals surface area contributed by atoms with E-state index in [2.05, 4.69) is 4.98 Å². The van der Waals surface area contributed by atoms with Gasteiger partial charge in [-0.25, -0.2) is 0 Å². The van der Waals surface area contributed by atoms with Gasteiger partial charge < -0.3 is 19.3 Å². The van der Waals surface area contributed by atoms with Gasteiger partial charge in [0.15, 0.2) is 0 Å². The first-order valence-corrected chi connectivity index (χ1v) is 11.4. The first-order chi connectivity index (χ1) is 16.0. The van der Waals surface area contributed by atoms with E-state index in [9.17, 15) is 9.59 Å². The minimum atomic E-state index is -0.280. The normalized spacial score (nSPS) is 17.0. The van der Waals surface area contributed by atoms with Gasteiger partial charge in [0.25, 0.3) is 0 Å². The van der Waals surface area contributed by atoms with Crippen molar-refractivity contribution in [2.45, 2.75) is 33.0 Å². The number of likely N-dealkylation sites (N-methyl/N-ethyl adjacent to an activating group) is 1. The smallest absolute Gasteiger partial charge is 0.248 e. The number of ether oxygens (including phenoxy) is 2. The number of benzene rings is 1. The van der Waals surface area contributed by atoms with Gasteiger partial charge in [-0.1, -0.05) is 18.2 Å². The van der Waals surface area contributed by atoms with Crippen LogP contribution in [-0.4, -0.2) is 84.0 Å². The summed E-state index contributed by atoms with van der Waals surface area (Å²) < 4.78 is 11.3. The molecule has 3 rings (SSSR count). The van der Waals surface area contributed by atoms with Crippen molar-refractivity contribution in [3.63, 3.8) is 0 Å². The maximum Gasteiger partial charge on any atom is 0.248 e. The van der Waals surface area contributed by atoms with E-state index in [4.69, 9.17) is 9.47 Å². The number of carbonyl (C=O) groups excluding carboxylic acids is 2. The summed E-state index contributed by atoms with van der Waals surface area (Å²) in [6, 6.07) is 13.5. The van der Waals surface area contributed by atoms with Crippen LogP contribution in [0.15, 0.2) is 48.7 Å². The van der Waals surface area contributed by atoms with Crippen LogP contribution in [0.3, 0.4) is 0 Å². The van der Waals surface area contributed by atoms with Gasteiger partial charge in [0.2, 0.25) is 11.8 Å². The molecule has 0 saturated carbocycles. The highest BCUT2D eigenvalue weighted by Gasteiger charge is 2.29. The SMILES string of the molecule is CCN(CC)C(=O)COC1CN(Cc2ccccn2)CC(=O)N(Cc2ccc(OC)cc2)C1. The lowest BCUT2D eigenvalue weighted by molar-refractivity contribution is -0.138. The zero-order valence-corrected chi connectivity index (χ0v) is 19.8. The predicted molar refractivity (Wildman–Crippen MR) is 126 cm³/mol. The molecular weight excluding hydrogens is 420 g/mol. The minimum absolute atomic E-state index is 0.00827. The second-order valence-electron chi connectivity index (χ2n) is 8.11. The molecule has 8 heteroatoms. The highest BCUT2D eigenvalue weighted by Crippen LogP contribution is 2.17. The highest BCUT2D eigenvalue weighted by molar-refractivity contribution is 5.79. The quantitative estimate of drug-likeness (QED) is 0.548. The van der Waals surface area contributed by atoms with Gasteiger partial charge in [-0.2, -0.15) is 0 Å². The minimum Gasteiger partial charge on any atom is -0.497 e. The zero-order chi connectivity index (χ0) is 23.6. The lowest BCUT2D eigenvalue weighted by Crippen LogP contribution is -2.40. The monoisotopic (exact) mass is 454 g/mol. The summed E-state index contributed by atoms with van der Waals surface area (Å²) in [5.41, 5.74) is 1.91. The first-order valence-electron chi connectivity index (χ1n) is 11.4. The summed E-state index contributed by atoms with van der Waals surface area (Å²) in [5, 5.41) is 0. The summed E-state index contributed by atoms with van der Waals surface area (Å²) in [5.74, 6) is 0.773. The van der Waals surface area contributed by atoms with Gasteiger partial charge in [0.1, 0.15) is 12.4 Å². The van der Waals surface area contributed by atoms with Crippen molar-refractivity contribution >= 4 is 11.8 Å². The molecule has 178 valence electrons. The van der Waals surface area contributed by atoms with E-state index in [0.29, 0.717) is 39.3 Å². The number of rotatable bonds is 10. The number of methoxy groups -OCH3 is 1. The molecule has 0 aliphatic carbocycles. The van der Waals surface area contributed by atoms with Crippen molar-refractivity contribution in [1.29, 1.82) is 0 Å². The van der Waals surface area contributed by atoms with E-state index in [1.54, 1.807) is 18.2 Å². The third kappa shape index (κ3) is 7.27. The molecule has 1 aliphatic rings. The Morgan fingerprint density at radius 3 is 2.48 bits per heavy atom. The van der Waals surface area contributed by atoms with E-state index in [-0.39, 0.29) is 31.1 Å². The van der Waals surface area contributed by atoms with Gasteiger partial charge in [-0.05, 0) is 43.7 Å². The number of nitrogens with zero attached hydrogens (tertiary/aromatic N) is 4. The van der Waals surface area contributed by atoms with Crippen LogP contribution in [0, 0.1) is 0 Å². The van der Waals surface area contributed by atoms with Crippen molar-refractivity contribution in [1.82, 2.24) is 19.7 Å². The molecule has 0 radical (unpaired) electrons. The fraction of sp³-hybridized carbons (Fsp3) is 0.480. The standard InChI is InChI=1S/C25H34N4O4/c1-4-28(5-2)25(31)19-33-23-16-27(15-21-8-6-7-13-26-21)18-24(30)29(17-23)14-20-9-11-22(32-3)12-10-20/h6-13,23H,4-5,14-19H2,1-3H3. The van der Waals surface area contributed by atoms with Crippen LogP contribution in [0.2, 0.25) is 0 Å². The summed E-state index contributed by atoms with van der Waals surface area (Å²) >= 11 is 0. The van der Waals surface area contributed by atoms with Crippen molar-refractivity contribution in [2.75, 3.05) is 46.4 Å². The third-order valence-electron chi connectivity index (χ3n) is 5.80. The number of pyridine rings is 1. The Morgan fingerprint density at radius 2 is 1.85 bits per heavy atom. The average Bonchev–Trinajstić information content (AvgIpc) is 2.97. The Kier molecular flexibility index (Phi) is 9.21. The van der Waals surface area contributed by atoms with Crippen LogP contribution >= 0.6 is 0 Å². The molecule has 33 heavy (non-hydrogen) atoms. The molecule has 1 aromatic carbocycles. The maximum atomic E-state index is 13.1.